The average Bonchev–Trinajstić information content (AvgIpc) is 2.84. The first-order valence-corrected chi connectivity index (χ1v) is 8.06. The molecule has 1 aliphatic rings. The minimum absolute atomic E-state index is 0.261. The molecule has 2 aromatic carbocycles. The number of Topliss-reactive ketones (excluding diaryl/α,β-unsaturated/α-hetero) is 2. The quantitative estimate of drug-likeness (QED) is 0.484. The van der Waals surface area contributed by atoms with E-state index in [1.54, 1.807) is 36.4 Å². The normalized spacial score (nSPS) is 15.2. The molecule has 25 heavy (non-hydrogen) atoms. The van der Waals surface area contributed by atoms with Gasteiger partial charge in [-0.15, -0.1) is 0 Å². The molecule has 0 heterocycles. The monoisotopic (exact) mass is 334 g/mol. The Morgan fingerprint density at radius 3 is 1.96 bits per heavy atom. The van der Waals surface area contributed by atoms with E-state index in [0.717, 1.165) is 11.6 Å². The second-order valence-corrected chi connectivity index (χ2v) is 6.29. The molecule has 0 atom stereocenters. The predicted octanol–water partition coefficient (Wildman–Crippen LogP) is 3.81. The largest absolute Gasteiger partial charge is 0.434 e. The Hall–Kier alpha value is -3.01. The van der Waals surface area contributed by atoms with Gasteiger partial charge in [0.15, 0.2) is 0 Å². The highest BCUT2D eigenvalue weighted by atomic mass is 16.6. The predicted molar refractivity (Wildman–Crippen MR) is 93.6 cm³/mol. The molecule has 1 aliphatic carbocycles. The van der Waals surface area contributed by atoms with Gasteiger partial charge in [-0.3, -0.25) is 9.59 Å². The smallest absolute Gasteiger partial charge is 0.331 e. The Balaban J connectivity index is 2.19. The topological polar surface area (TPSA) is 60.4 Å². The van der Waals surface area contributed by atoms with Crippen LogP contribution < -0.4 is 0 Å². The zero-order chi connectivity index (χ0) is 18.2. The van der Waals surface area contributed by atoms with Crippen molar-refractivity contribution >= 4 is 17.5 Å². The number of hydrogen-bond acceptors (Lipinski definition) is 4. The number of rotatable bonds is 4. The van der Waals surface area contributed by atoms with Crippen LogP contribution in [0.25, 0.3) is 0 Å². The molecule has 0 unspecified atom stereocenters. The Kier molecular flexibility index (Phi) is 4.13. The summed E-state index contributed by atoms with van der Waals surface area (Å²) < 4.78 is 5.39. The van der Waals surface area contributed by atoms with Crippen molar-refractivity contribution in [3.63, 3.8) is 0 Å². The van der Waals surface area contributed by atoms with E-state index in [9.17, 15) is 14.4 Å². The Labute approximate surface area is 146 Å². The van der Waals surface area contributed by atoms with Crippen LogP contribution in [0.15, 0.2) is 61.2 Å². The van der Waals surface area contributed by atoms with Gasteiger partial charge in [0.05, 0.1) is 0 Å². The van der Waals surface area contributed by atoms with Crippen LogP contribution in [-0.4, -0.2) is 17.5 Å². The van der Waals surface area contributed by atoms with E-state index < -0.39 is 23.1 Å². The molecular formula is C21H18O4. The first-order chi connectivity index (χ1) is 11.9. The van der Waals surface area contributed by atoms with E-state index in [1.165, 1.54) is 0 Å². The van der Waals surface area contributed by atoms with Gasteiger partial charge in [-0.1, -0.05) is 69.0 Å². The first kappa shape index (κ1) is 16.8. The van der Waals surface area contributed by atoms with Crippen molar-refractivity contribution in [1.29, 1.82) is 0 Å². The van der Waals surface area contributed by atoms with E-state index in [2.05, 4.69) is 6.58 Å². The van der Waals surface area contributed by atoms with Crippen LogP contribution in [0.5, 0.6) is 0 Å². The molecule has 0 N–H and O–H groups in total. The molecule has 0 radical (unpaired) electrons. The summed E-state index contributed by atoms with van der Waals surface area (Å²) in [6, 6.07) is 13.5. The highest BCUT2D eigenvalue weighted by molar-refractivity contribution is 6.32. The van der Waals surface area contributed by atoms with Crippen molar-refractivity contribution < 1.29 is 19.1 Å². The van der Waals surface area contributed by atoms with Crippen LogP contribution in [0.2, 0.25) is 0 Å². The molecule has 0 amide bonds. The lowest BCUT2D eigenvalue weighted by Crippen LogP contribution is -2.42. The first-order valence-electron chi connectivity index (χ1n) is 8.06. The summed E-state index contributed by atoms with van der Waals surface area (Å²) in [5.74, 6) is -1.57. The zero-order valence-electron chi connectivity index (χ0n) is 14.1. The second-order valence-electron chi connectivity index (χ2n) is 6.29. The van der Waals surface area contributed by atoms with Gasteiger partial charge in [0.1, 0.15) is 0 Å². The van der Waals surface area contributed by atoms with E-state index in [4.69, 9.17) is 4.74 Å². The molecule has 0 aromatic heterocycles. The highest BCUT2D eigenvalue weighted by Gasteiger charge is 2.57. The van der Waals surface area contributed by atoms with Crippen LogP contribution in [0.4, 0.5) is 0 Å². The lowest BCUT2D eigenvalue weighted by Gasteiger charge is -2.26. The van der Waals surface area contributed by atoms with Gasteiger partial charge in [0.2, 0.25) is 11.6 Å². The van der Waals surface area contributed by atoms with Crippen LogP contribution in [0.3, 0.4) is 0 Å². The lowest BCUT2D eigenvalue weighted by atomic mass is 9.87. The maximum Gasteiger partial charge on any atom is 0.331 e. The van der Waals surface area contributed by atoms with Gasteiger partial charge < -0.3 is 4.74 Å². The van der Waals surface area contributed by atoms with Crippen molar-refractivity contribution in [2.45, 2.75) is 25.4 Å². The van der Waals surface area contributed by atoms with Gasteiger partial charge in [0, 0.05) is 22.8 Å². The van der Waals surface area contributed by atoms with Crippen LogP contribution in [0, 0.1) is 0 Å². The summed E-state index contributed by atoms with van der Waals surface area (Å²) in [6.07, 6.45) is 0.952. The van der Waals surface area contributed by atoms with Gasteiger partial charge in [-0.25, -0.2) is 4.79 Å². The van der Waals surface area contributed by atoms with Gasteiger partial charge in [-0.2, -0.15) is 0 Å². The Morgan fingerprint density at radius 1 is 1.00 bits per heavy atom. The Morgan fingerprint density at radius 2 is 1.52 bits per heavy atom. The lowest BCUT2D eigenvalue weighted by molar-refractivity contribution is -0.146. The van der Waals surface area contributed by atoms with Crippen molar-refractivity contribution in [3.05, 3.63) is 83.4 Å². The number of carbonyl (C=O) groups excluding carboxylic acids is 3. The summed E-state index contributed by atoms with van der Waals surface area (Å²) in [5.41, 5.74) is -0.0537. The molecule has 3 rings (SSSR count). The third-order valence-electron chi connectivity index (χ3n) is 4.46. The minimum atomic E-state index is -1.98. The molecule has 0 aliphatic heterocycles. The summed E-state index contributed by atoms with van der Waals surface area (Å²) >= 11 is 0. The maximum atomic E-state index is 13.1. The van der Waals surface area contributed by atoms with E-state index in [1.807, 2.05) is 26.0 Å². The van der Waals surface area contributed by atoms with Crippen LogP contribution in [-0.2, 0) is 15.1 Å². The van der Waals surface area contributed by atoms with Gasteiger partial charge >= 0.3 is 5.97 Å². The third-order valence-corrected chi connectivity index (χ3v) is 4.46. The average molecular weight is 334 g/mol. The number of carbonyl (C=O) groups is 3. The number of hydrogen-bond donors (Lipinski definition) is 0. The molecule has 2 aromatic rings. The fourth-order valence-electron chi connectivity index (χ4n) is 3.07. The van der Waals surface area contributed by atoms with Gasteiger partial charge in [-0.05, 0) is 11.5 Å². The van der Waals surface area contributed by atoms with Crippen molar-refractivity contribution in [2.75, 3.05) is 0 Å². The third kappa shape index (κ3) is 2.50. The number of benzene rings is 2. The van der Waals surface area contributed by atoms with Crippen molar-refractivity contribution in [3.8, 4) is 0 Å². The van der Waals surface area contributed by atoms with E-state index in [-0.39, 0.29) is 11.1 Å². The number of fused-ring (bicyclic) bond motifs is 1. The van der Waals surface area contributed by atoms with E-state index >= 15 is 0 Å². The number of ketones is 2. The molecule has 4 nitrogen and oxygen atoms in total. The molecule has 4 heteroatoms. The van der Waals surface area contributed by atoms with Crippen molar-refractivity contribution in [1.82, 2.24) is 0 Å². The molecule has 0 saturated heterocycles. The molecule has 0 saturated carbocycles. The molecular weight excluding hydrogens is 316 g/mol. The molecule has 0 bridgehead atoms. The second kappa shape index (κ2) is 6.13. The molecule has 0 fully saturated rings. The standard InChI is InChI=1S/C21H18O4/c1-4-18(22)25-21(15-11-9-14(10-12-15)13(2)3)19(23)16-7-5-6-8-17(16)20(21)24/h4-13H,1H2,2-3H3. The molecule has 0 spiro atoms. The number of ether oxygens (including phenoxy) is 1. The summed E-state index contributed by atoms with van der Waals surface area (Å²) in [6.45, 7) is 7.46. The number of esters is 1. The van der Waals surface area contributed by atoms with Gasteiger partial charge in [0.25, 0.3) is 5.60 Å². The molecule has 126 valence electrons. The van der Waals surface area contributed by atoms with Crippen LogP contribution in [0.1, 0.15) is 51.6 Å². The fraction of sp³-hybridized carbons (Fsp3) is 0.190. The summed E-state index contributed by atoms with van der Waals surface area (Å²) in [4.78, 5) is 38.1. The zero-order valence-corrected chi connectivity index (χ0v) is 14.1. The maximum absolute atomic E-state index is 13.1. The van der Waals surface area contributed by atoms with Crippen molar-refractivity contribution in [2.24, 2.45) is 0 Å². The van der Waals surface area contributed by atoms with Crippen LogP contribution >= 0.6 is 0 Å². The van der Waals surface area contributed by atoms with E-state index in [0.29, 0.717) is 11.5 Å². The fourth-order valence-corrected chi connectivity index (χ4v) is 3.07. The Bertz CT molecular complexity index is 840. The SMILES string of the molecule is C=CC(=O)OC1(c2ccc(C(C)C)cc2)C(=O)c2ccccc2C1=O. The summed E-state index contributed by atoms with van der Waals surface area (Å²) in [5, 5.41) is 0. The minimum Gasteiger partial charge on any atom is -0.434 e. The highest BCUT2D eigenvalue weighted by Crippen LogP contribution is 2.41. The summed E-state index contributed by atoms with van der Waals surface area (Å²) in [7, 11) is 0.